The van der Waals surface area contributed by atoms with Crippen LogP contribution in [0.1, 0.15) is 28.6 Å². The van der Waals surface area contributed by atoms with Gasteiger partial charge in [-0.2, -0.15) is 19.9 Å². The normalized spacial score (nSPS) is 11.5. The second kappa shape index (κ2) is 29.9. The van der Waals surface area contributed by atoms with E-state index in [1.54, 1.807) is 0 Å². The average molecular weight is 1510 g/mol. The summed E-state index contributed by atoms with van der Waals surface area (Å²) in [7, 11) is 0. The number of nitrogens with zero attached hydrogens (tertiary/aromatic N) is 13. The van der Waals surface area contributed by atoms with Crippen molar-refractivity contribution in [1.29, 1.82) is 0 Å². The molecular weight excluding hydrogens is 1430 g/mol. The number of benzene rings is 15. The molecule has 0 saturated heterocycles. The minimum absolute atomic E-state index is 0.613. The summed E-state index contributed by atoms with van der Waals surface area (Å²) in [5, 5.41) is 9.62. The summed E-state index contributed by atoms with van der Waals surface area (Å²) in [5.74, 6) is 6.02. The zero-order chi connectivity index (χ0) is 78.6. The van der Waals surface area contributed by atoms with Crippen molar-refractivity contribution in [2.24, 2.45) is 0 Å². The van der Waals surface area contributed by atoms with E-state index in [4.69, 9.17) is 29.9 Å². The molecule has 0 aliphatic rings. The molecule has 7 heterocycles. The van der Waals surface area contributed by atoms with E-state index in [1.807, 2.05) is 112 Å². The molecule has 22 rings (SSSR count). The Hall–Kier alpha value is -15.5. The van der Waals surface area contributed by atoms with Crippen molar-refractivity contribution in [3.05, 3.63) is 393 Å². The third-order valence-corrected chi connectivity index (χ3v) is 21.9. The highest BCUT2D eigenvalue weighted by molar-refractivity contribution is 6.17. The number of rotatable bonds is 11. The molecule has 0 amide bonds. The largest absolute Gasteiger partial charge is 0.309 e. The molecule has 0 saturated carbocycles. The molecule has 0 N–H and O–H groups in total. The number of para-hydroxylation sites is 8. The van der Waals surface area contributed by atoms with E-state index in [-0.39, 0.29) is 0 Å². The fourth-order valence-corrected chi connectivity index (χ4v) is 16.6. The van der Waals surface area contributed by atoms with Crippen molar-refractivity contribution < 1.29 is 0 Å². The number of fused-ring (bicyclic) bond motifs is 12. The SMILES string of the molecule is Cc1ccc(-c2cccc3c4ccccc4n(-c4ccc(-c5nc(C)nc(-c6ccccc6)n5)cc4)c23)cc1.Cc1ccc(-c2cccc3c4ccccc4n(-c4nc(C)nc(-c5ccccc5)n4)c23)cc1.Cc1nc(-c2ccccc2)nc(-n2c3ccccc3c3cccc(-c4ccc5c(c4)c4ccccc4n5-c4ccccc4)c32)n1. The number of hydrogen-bond acceptors (Lipinski definition) is 9. The van der Waals surface area contributed by atoms with E-state index in [0.29, 0.717) is 52.7 Å². The van der Waals surface area contributed by atoms with Gasteiger partial charge in [0.2, 0.25) is 11.9 Å². The van der Waals surface area contributed by atoms with Gasteiger partial charge in [0.1, 0.15) is 17.5 Å². The van der Waals surface area contributed by atoms with Gasteiger partial charge in [0.25, 0.3) is 0 Å². The Balaban J connectivity index is 0.000000114. The first kappa shape index (κ1) is 70.6. The summed E-state index contributed by atoms with van der Waals surface area (Å²) < 4.78 is 9.11. The van der Waals surface area contributed by atoms with Crippen molar-refractivity contribution in [2.45, 2.75) is 34.6 Å². The van der Waals surface area contributed by atoms with Crippen LogP contribution in [0.15, 0.2) is 364 Å². The summed E-state index contributed by atoms with van der Waals surface area (Å²) in [6.07, 6.45) is 0. The first-order chi connectivity index (χ1) is 57.6. The summed E-state index contributed by atoms with van der Waals surface area (Å²) in [6, 6.07) is 127. The topological polar surface area (TPSA) is 136 Å². The van der Waals surface area contributed by atoms with Crippen molar-refractivity contribution >= 4 is 87.2 Å². The second-order valence-corrected chi connectivity index (χ2v) is 29.5. The van der Waals surface area contributed by atoms with Gasteiger partial charge in [-0.1, -0.05) is 302 Å². The van der Waals surface area contributed by atoms with Gasteiger partial charge in [-0.15, -0.1) is 0 Å². The third-order valence-electron chi connectivity index (χ3n) is 21.9. The number of aryl methyl sites for hydroxylation is 5. The molecule has 15 aromatic carbocycles. The molecule has 0 spiro atoms. The molecule has 556 valence electrons. The van der Waals surface area contributed by atoms with Crippen LogP contribution < -0.4 is 0 Å². The van der Waals surface area contributed by atoms with E-state index in [1.165, 1.54) is 82.2 Å². The Morgan fingerprint density at radius 3 is 0.897 bits per heavy atom. The van der Waals surface area contributed by atoms with Gasteiger partial charge in [-0.25, -0.2) is 24.9 Å². The number of hydrogen-bond donors (Lipinski definition) is 0. The maximum atomic E-state index is 5.05. The van der Waals surface area contributed by atoms with Crippen LogP contribution >= 0.6 is 0 Å². The van der Waals surface area contributed by atoms with Crippen molar-refractivity contribution in [3.63, 3.8) is 0 Å². The molecule has 117 heavy (non-hydrogen) atoms. The van der Waals surface area contributed by atoms with Crippen LogP contribution in [0.5, 0.6) is 0 Å². The lowest BCUT2D eigenvalue weighted by Crippen LogP contribution is -2.06. The zero-order valence-corrected chi connectivity index (χ0v) is 65.0. The van der Waals surface area contributed by atoms with Gasteiger partial charge in [0, 0.05) is 93.4 Å². The van der Waals surface area contributed by atoms with Gasteiger partial charge >= 0.3 is 0 Å². The predicted molar refractivity (Wildman–Crippen MR) is 479 cm³/mol. The van der Waals surface area contributed by atoms with Gasteiger partial charge in [0.05, 0.1) is 44.1 Å². The molecule has 13 nitrogen and oxygen atoms in total. The van der Waals surface area contributed by atoms with E-state index in [2.05, 4.69) is 320 Å². The van der Waals surface area contributed by atoms with Gasteiger partial charge in [-0.05, 0) is 124 Å². The van der Waals surface area contributed by atoms with Crippen LogP contribution in [-0.2, 0) is 0 Å². The van der Waals surface area contributed by atoms with E-state index in [9.17, 15) is 0 Å². The Kier molecular flexibility index (Phi) is 18.0. The molecule has 22 aromatic rings. The lowest BCUT2D eigenvalue weighted by Gasteiger charge is -2.13. The number of aromatic nitrogens is 13. The Morgan fingerprint density at radius 2 is 0.470 bits per heavy atom. The van der Waals surface area contributed by atoms with E-state index in [0.717, 1.165) is 83.2 Å². The minimum atomic E-state index is 0.613. The van der Waals surface area contributed by atoms with Crippen LogP contribution in [0.3, 0.4) is 0 Å². The molecular formula is C104H75N13. The molecule has 13 heteroatoms. The van der Waals surface area contributed by atoms with Crippen molar-refractivity contribution in [1.82, 2.24) is 63.1 Å². The predicted octanol–water partition coefficient (Wildman–Crippen LogP) is 25.2. The maximum Gasteiger partial charge on any atom is 0.238 e. The molecule has 0 unspecified atom stereocenters. The molecule has 0 radical (unpaired) electrons. The highest BCUT2D eigenvalue weighted by Gasteiger charge is 2.24. The highest BCUT2D eigenvalue weighted by Crippen LogP contribution is 2.44. The monoisotopic (exact) mass is 1510 g/mol. The van der Waals surface area contributed by atoms with E-state index >= 15 is 0 Å². The third kappa shape index (κ3) is 13.0. The Labute approximate surface area is 675 Å². The van der Waals surface area contributed by atoms with E-state index < -0.39 is 0 Å². The minimum Gasteiger partial charge on any atom is -0.309 e. The summed E-state index contributed by atoms with van der Waals surface area (Å²) in [4.78, 5) is 43.0. The maximum absolute atomic E-state index is 5.05. The Bertz CT molecular complexity index is 7520. The molecule has 0 bridgehead atoms. The zero-order valence-electron chi connectivity index (χ0n) is 65.0. The highest BCUT2D eigenvalue weighted by atomic mass is 15.2. The standard InChI is InChI=1S/C40H27N5.C35H26N4.C29H22N4/c1-26-41-39(27-13-4-2-5-14-27)43-40(42-26)45-36-22-11-8-17-31(36)33-20-12-19-30(38(33)45)28-23-24-37-34(25-28)32-18-9-10-21-35(32)44(37)29-15-6-3-7-16-29;1-23-15-17-25(18-16-23)29-12-8-13-31-30-11-6-7-14-32(30)39(33(29)31)28-21-19-27(20-22-28)35-37-24(2)36-34(38-35)26-9-4-3-5-10-26;1-19-15-17-21(18-16-19)23-12-8-13-25-24-11-6-7-14-26(24)33(27(23)25)29-31-20(2)30-28(32-29)22-9-4-3-5-10-22/h2-25H,1H3;3-22H,1-2H3;3-18H,1-2H3. The fraction of sp³-hybridized carbons (Fsp3) is 0.0481. The van der Waals surface area contributed by atoms with Crippen molar-refractivity contribution in [3.8, 4) is 102 Å². The lowest BCUT2D eigenvalue weighted by molar-refractivity contribution is 0.907. The molecule has 0 aliphatic carbocycles. The van der Waals surface area contributed by atoms with Gasteiger partial charge in [0.15, 0.2) is 23.3 Å². The summed E-state index contributed by atoms with van der Waals surface area (Å²) >= 11 is 0. The lowest BCUT2D eigenvalue weighted by atomic mass is 10.00. The Morgan fingerprint density at radius 1 is 0.179 bits per heavy atom. The molecule has 0 atom stereocenters. The molecule has 7 aromatic heterocycles. The van der Waals surface area contributed by atoms with Crippen LogP contribution in [0, 0.1) is 34.6 Å². The molecule has 0 fully saturated rings. The smallest absolute Gasteiger partial charge is 0.238 e. The summed E-state index contributed by atoms with van der Waals surface area (Å²) in [6.45, 7) is 10.0. The van der Waals surface area contributed by atoms with Crippen LogP contribution in [0.4, 0.5) is 0 Å². The average Bonchev–Trinajstić information content (AvgIpc) is 1.60. The second-order valence-electron chi connectivity index (χ2n) is 29.5. The fourth-order valence-electron chi connectivity index (χ4n) is 16.6. The summed E-state index contributed by atoms with van der Waals surface area (Å²) in [5.41, 5.74) is 24.7. The molecule has 0 aliphatic heterocycles. The quantitative estimate of drug-likeness (QED) is 0.124. The van der Waals surface area contributed by atoms with Crippen molar-refractivity contribution in [2.75, 3.05) is 0 Å². The van der Waals surface area contributed by atoms with Gasteiger partial charge < -0.3 is 9.13 Å². The van der Waals surface area contributed by atoms with Crippen LogP contribution in [0.25, 0.3) is 189 Å². The van der Waals surface area contributed by atoms with Crippen LogP contribution in [0.2, 0.25) is 0 Å². The first-order valence-corrected chi connectivity index (χ1v) is 39.3. The van der Waals surface area contributed by atoms with Crippen LogP contribution in [-0.4, -0.2) is 63.1 Å². The van der Waals surface area contributed by atoms with Gasteiger partial charge in [-0.3, -0.25) is 9.13 Å². The first-order valence-electron chi connectivity index (χ1n) is 39.3.